The van der Waals surface area contributed by atoms with E-state index in [-0.39, 0.29) is 11.8 Å². The predicted molar refractivity (Wildman–Crippen MR) is 124 cm³/mol. The molecular formula is C26H28N2O5. The van der Waals surface area contributed by atoms with E-state index in [1.54, 1.807) is 35.1 Å². The van der Waals surface area contributed by atoms with Crippen molar-refractivity contribution >= 4 is 28.4 Å². The first-order valence-electron chi connectivity index (χ1n) is 11.5. The summed E-state index contributed by atoms with van der Waals surface area (Å²) in [6, 6.07) is 7.39. The minimum absolute atomic E-state index is 0.0611. The molecule has 0 radical (unpaired) electrons. The molecule has 1 aromatic carbocycles. The molecule has 0 atom stereocenters. The summed E-state index contributed by atoms with van der Waals surface area (Å²) >= 11 is 0. The molecule has 2 amide bonds. The Kier molecular flexibility index (Phi) is 5.70. The van der Waals surface area contributed by atoms with E-state index in [9.17, 15) is 9.59 Å². The molecule has 7 nitrogen and oxygen atoms in total. The lowest BCUT2D eigenvalue weighted by molar-refractivity contribution is -0.127. The Balaban J connectivity index is 1.33. The monoisotopic (exact) mass is 448 g/mol. The van der Waals surface area contributed by atoms with Crippen molar-refractivity contribution in [2.24, 2.45) is 0 Å². The molecule has 1 aliphatic carbocycles. The zero-order valence-corrected chi connectivity index (χ0v) is 19.1. The van der Waals surface area contributed by atoms with Crippen molar-refractivity contribution in [1.29, 1.82) is 0 Å². The first-order chi connectivity index (χ1) is 16.0. The number of benzene rings is 1. The Morgan fingerprint density at radius 1 is 1.06 bits per heavy atom. The quantitative estimate of drug-likeness (QED) is 0.556. The number of allylic oxidation sites excluding steroid dienone is 1. The molecule has 1 fully saturated rings. The molecule has 1 aliphatic heterocycles. The van der Waals surface area contributed by atoms with Gasteiger partial charge in [-0.3, -0.25) is 9.59 Å². The number of furan rings is 2. The van der Waals surface area contributed by atoms with Gasteiger partial charge in [0.25, 0.3) is 5.91 Å². The highest BCUT2D eigenvalue weighted by Crippen LogP contribution is 2.38. The van der Waals surface area contributed by atoms with Crippen molar-refractivity contribution in [3.63, 3.8) is 0 Å². The lowest BCUT2D eigenvalue weighted by Gasteiger charge is -2.33. The van der Waals surface area contributed by atoms with Crippen LogP contribution in [0.1, 0.15) is 47.2 Å². The second kappa shape index (κ2) is 8.81. The van der Waals surface area contributed by atoms with E-state index >= 15 is 0 Å². The molecule has 2 aromatic heterocycles. The smallest absolute Gasteiger partial charge is 0.289 e. The van der Waals surface area contributed by atoms with Gasteiger partial charge in [0.1, 0.15) is 17.1 Å². The van der Waals surface area contributed by atoms with Crippen LogP contribution in [0.5, 0.6) is 5.75 Å². The third kappa shape index (κ3) is 4.03. The van der Waals surface area contributed by atoms with Crippen molar-refractivity contribution in [3.8, 4) is 5.75 Å². The van der Waals surface area contributed by atoms with Gasteiger partial charge < -0.3 is 23.4 Å². The van der Waals surface area contributed by atoms with E-state index in [0.717, 1.165) is 47.1 Å². The molecule has 33 heavy (non-hydrogen) atoms. The molecular weight excluding hydrogens is 420 g/mol. The third-order valence-electron chi connectivity index (χ3n) is 6.65. The molecule has 3 heterocycles. The Bertz CT molecular complexity index is 1210. The van der Waals surface area contributed by atoms with Crippen LogP contribution in [0.2, 0.25) is 0 Å². The van der Waals surface area contributed by atoms with Gasteiger partial charge in [0.2, 0.25) is 5.91 Å². The van der Waals surface area contributed by atoms with Crippen LogP contribution in [0.25, 0.3) is 16.5 Å². The van der Waals surface area contributed by atoms with Gasteiger partial charge in [0.05, 0.1) is 13.4 Å². The Hall–Kier alpha value is -3.48. The van der Waals surface area contributed by atoms with E-state index in [1.165, 1.54) is 18.2 Å². The van der Waals surface area contributed by atoms with E-state index in [0.29, 0.717) is 37.7 Å². The van der Waals surface area contributed by atoms with E-state index in [1.807, 2.05) is 13.0 Å². The van der Waals surface area contributed by atoms with Gasteiger partial charge >= 0.3 is 0 Å². The molecule has 0 N–H and O–H groups in total. The highest BCUT2D eigenvalue weighted by Gasteiger charge is 2.26. The van der Waals surface area contributed by atoms with Crippen LogP contribution in [-0.4, -0.2) is 54.9 Å². The number of fused-ring (bicyclic) bond motifs is 3. The summed E-state index contributed by atoms with van der Waals surface area (Å²) in [5.41, 5.74) is 3.88. The first-order valence-corrected chi connectivity index (χ1v) is 11.5. The molecule has 3 aromatic rings. The van der Waals surface area contributed by atoms with Crippen LogP contribution in [0, 0.1) is 0 Å². The average molecular weight is 449 g/mol. The van der Waals surface area contributed by atoms with E-state index < -0.39 is 0 Å². The normalized spacial score (nSPS) is 16.7. The highest BCUT2D eigenvalue weighted by molar-refractivity contribution is 5.98. The average Bonchev–Trinajstić information content (AvgIpc) is 3.50. The highest BCUT2D eigenvalue weighted by atomic mass is 16.5. The maximum atomic E-state index is 13.0. The van der Waals surface area contributed by atoms with Crippen molar-refractivity contribution < 1.29 is 23.2 Å². The predicted octanol–water partition coefficient (Wildman–Crippen LogP) is 4.30. The summed E-state index contributed by atoms with van der Waals surface area (Å²) in [5, 5.41) is 1.12. The standard InChI is InChI=1S/C26H28N2O5/c1-17(14-25(29)27-9-11-28(12-10-27)26(30)22-8-5-13-32-22)19-15-20-18-6-3-4-7-21(18)33-24(20)16-23(19)31-2/h5,8,13-16H,3-4,6-7,9-12H2,1-2H3/b17-14+. The SMILES string of the molecule is COc1cc2oc3c(c2cc1/C(C)=C/C(=O)N1CCN(C(=O)c2ccco2)CC1)CCCC3. The molecule has 0 unspecified atom stereocenters. The molecule has 2 aliphatic rings. The number of methoxy groups -OCH3 is 1. The second-order valence-electron chi connectivity index (χ2n) is 8.68. The Morgan fingerprint density at radius 3 is 2.55 bits per heavy atom. The van der Waals surface area contributed by atoms with Gasteiger partial charge in [0, 0.05) is 61.3 Å². The first kappa shape index (κ1) is 21.4. The van der Waals surface area contributed by atoms with Gasteiger partial charge in [-0.2, -0.15) is 0 Å². The van der Waals surface area contributed by atoms with Crippen molar-refractivity contribution in [1.82, 2.24) is 9.80 Å². The maximum absolute atomic E-state index is 13.0. The largest absolute Gasteiger partial charge is 0.496 e. The fraction of sp³-hybridized carbons (Fsp3) is 0.385. The molecule has 0 bridgehead atoms. The second-order valence-corrected chi connectivity index (χ2v) is 8.68. The van der Waals surface area contributed by atoms with Crippen LogP contribution in [0.4, 0.5) is 0 Å². The van der Waals surface area contributed by atoms with Gasteiger partial charge in [-0.15, -0.1) is 0 Å². The van der Waals surface area contributed by atoms with Crippen molar-refractivity contribution in [2.45, 2.75) is 32.6 Å². The summed E-state index contributed by atoms with van der Waals surface area (Å²) in [6.45, 7) is 3.87. The zero-order valence-electron chi connectivity index (χ0n) is 19.1. The number of nitrogens with zero attached hydrogens (tertiary/aromatic N) is 2. The fourth-order valence-electron chi connectivity index (χ4n) is 4.81. The van der Waals surface area contributed by atoms with E-state index in [4.69, 9.17) is 13.6 Å². The lowest BCUT2D eigenvalue weighted by atomic mass is 9.94. The molecule has 0 saturated carbocycles. The van der Waals surface area contributed by atoms with Crippen LogP contribution in [0.15, 0.2) is 45.4 Å². The summed E-state index contributed by atoms with van der Waals surface area (Å²) in [7, 11) is 1.64. The van der Waals surface area contributed by atoms with Crippen molar-refractivity contribution in [3.05, 3.63) is 59.3 Å². The number of carbonyl (C=O) groups excluding carboxylic acids is 2. The number of amides is 2. The number of aryl methyl sites for hydroxylation is 2. The summed E-state index contributed by atoms with van der Waals surface area (Å²) in [4.78, 5) is 29.0. The Morgan fingerprint density at radius 2 is 1.82 bits per heavy atom. The van der Waals surface area contributed by atoms with Gasteiger partial charge in [0.15, 0.2) is 5.76 Å². The number of piperazine rings is 1. The summed E-state index contributed by atoms with van der Waals surface area (Å²) in [6.07, 6.45) is 7.49. The van der Waals surface area contributed by atoms with Crippen LogP contribution in [-0.2, 0) is 17.6 Å². The van der Waals surface area contributed by atoms with Crippen LogP contribution in [0.3, 0.4) is 0 Å². The third-order valence-corrected chi connectivity index (χ3v) is 6.65. The Labute approximate surface area is 192 Å². The minimum atomic E-state index is -0.139. The lowest BCUT2D eigenvalue weighted by Crippen LogP contribution is -2.50. The zero-order chi connectivity index (χ0) is 22.9. The molecule has 7 heteroatoms. The van der Waals surface area contributed by atoms with Gasteiger partial charge in [-0.25, -0.2) is 0 Å². The fourth-order valence-corrected chi connectivity index (χ4v) is 4.81. The molecule has 0 spiro atoms. The number of hydrogen-bond acceptors (Lipinski definition) is 5. The van der Waals surface area contributed by atoms with Crippen molar-refractivity contribution in [2.75, 3.05) is 33.3 Å². The summed E-state index contributed by atoms with van der Waals surface area (Å²) in [5.74, 6) is 1.91. The number of rotatable bonds is 4. The maximum Gasteiger partial charge on any atom is 0.289 e. The minimum Gasteiger partial charge on any atom is -0.496 e. The molecule has 1 saturated heterocycles. The topological polar surface area (TPSA) is 76.1 Å². The van der Waals surface area contributed by atoms with Gasteiger partial charge in [-0.05, 0) is 50.0 Å². The summed E-state index contributed by atoms with van der Waals surface area (Å²) < 4.78 is 16.9. The number of hydrogen-bond donors (Lipinski definition) is 0. The van der Waals surface area contributed by atoms with Crippen LogP contribution >= 0.6 is 0 Å². The molecule has 5 rings (SSSR count). The number of ether oxygens (including phenoxy) is 1. The molecule has 172 valence electrons. The van der Waals surface area contributed by atoms with Gasteiger partial charge in [-0.1, -0.05) is 0 Å². The van der Waals surface area contributed by atoms with E-state index in [2.05, 4.69) is 6.07 Å². The van der Waals surface area contributed by atoms with Crippen LogP contribution < -0.4 is 4.74 Å². The number of carbonyl (C=O) groups is 2.